The van der Waals surface area contributed by atoms with Crippen LogP contribution in [0, 0.1) is 11.8 Å². The zero-order valence-electron chi connectivity index (χ0n) is 26.8. The summed E-state index contributed by atoms with van der Waals surface area (Å²) in [6, 6.07) is 10.6. The van der Waals surface area contributed by atoms with E-state index < -0.39 is 27.6 Å². The lowest BCUT2D eigenvalue weighted by atomic mass is 9.67. The molecule has 12 heteroatoms. The van der Waals surface area contributed by atoms with Crippen LogP contribution in [0.2, 0.25) is 5.02 Å². The number of fused-ring (bicyclic) bond motifs is 4. The van der Waals surface area contributed by atoms with Crippen molar-refractivity contribution >= 4 is 39.3 Å². The number of ether oxygens (including phenoxy) is 3. The fourth-order valence-electron chi connectivity index (χ4n) is 7.46. The Bertz CT molecular complexity index is 1660. The van der Waals surface area contributed by atoms with Gasteiger partial charge in [0.05, 0.1) is 36.9 Å². The predicted molar refractivity (Wildman–Crippen MR) is 175 cm³/mol. The second-order valence-electron chi connectivity index (χ2n) is 13.5. The number of carbonyl (C=O) groups excluding carboxylic acids is 2. The molecule has 2 heterocycles. The van der Waals surface area contributed by atoms with E-state index in [9.17, 15) is 18.0 Å². The molecule has 4 aliphatic rings. The van der Waals surface area contributed by atoms with E-state index in [4.69, 9.17) is 25.8 Å². The van der Waals surface area contributed by atoms with Crippen LogP contribution in [-0.2, 0) is 36.1 Å². The third kappa shape index (κ3) is 6.09. The molecule has 2 aliphatic carbocycles. The standard InChI is InChI=1S/C34H42ClN3O7S/c1-33(2)31(39)36-46(41,42)25-11-14-30-29(18-25)38(20-34(21-44-30)15-5-7-22-17-24(35)10-13-27(22)34)19-23-9-12-26(23)28(8-6-16-45-33)37(3)32(40)43-4/h6,8,10-11,13-14,17-18,23,26,28H,5,7,9,12,15-16,19-21H2,1-4H3,(H,36,39)/b8-6-/t23-,26+,28-,34-/m0/s1. The van der Waals surface area contributed by atoms with Gasteiger partial charge in [0.15, 0.2) is 0 Å². The van der Waals surface area contributed by atoms with Gasteiger partial charge in [0.2, 0.25) is 0 Å². The maximum atomic E-state index is 13.6. The van der Waals surface area contributed by atoms with Crippen molar-refractivity contribution in [1.29, 1.82) is 0 Å². The summed E-state index contributed by atoms with van der Waals surface area (Å²) < 4.78 is 46.8. The number of nitrogens with one attached hydrogen (secondary N) is 1. The molecule has 6 rings (SSSR count). The molecule has 0 aromatic heterocycles. The summed E-state index contributed by atoms with van der Waals surface area (Å²) in [7, 11) is -1.12. The lowest BCUT2D eigenvalue weighted by Crippen LogP contribution is -2.52. The monoisotopic (exact) mass is 671 g/mol. The predicted octanol–water partition coefficient (Wildman–Crippen LogP) is 5.08. The lowest BCUT2D eigenvalue weighted by Gasteiger charge is -2.47. The lowest BCUT2D eigenvalue weighted by molar-refractivity contribution is -0.139. The average molecular weight is 672 g/mol. The molecule has 1 spiro atoms. The quantitative estimate of drug-likeness (QED) is 0.418. The molecule has 0 unspecified atom stereocenters. The molecule has 1 fully saturated rings. The number of amides is 2. The average Bonchev–Trinajstić information content (AvgIpc) is 3.16. The van der Waals surface area contributed by atoms with Crippen molar-refractivity contribution in [2.45, 2.75) is 67.9 Å². The van der Waals surface area contributed by atoms with Crippen LogP contribution in [0.15, 0.2) is 53.4 Å². The molecule has 1 N–H and O–H groups in total. The molecule has 2 amide bonds. The van der Waals surface area contributed by atoms with Gasteiger partial charge >= 0.3 is 6.09 Å². The number of aryl methyl sites for hydroxylation is 1. The number of hydrogen-bond donors (Lipinski definition) is 1. The van der Waals surface area contributed by atoms with Crippen molar-refractivity contribution in [2.75, 3.05) is 45.4 Å². The third-order valence-electron chi connectivity index (χ3n) is 10.2. The van der Waals surface area contributed by atoms with Gasteiger partial charge in [-0.25, -0.2) is 17.9 Å². The van der Waals surface area contributed by atoms with Crippen molar-refractivity contribution < 1.29 is 32.2 Å². The first-order chi connectivity index (χ1) is 21.8. The molecule has 46 heavy (non-hydrogen) atoms. The first kappa shape index (κ1) is 32.7. The number of likely N-dealkylation sites (N-methyl/N-ethyl adjacent to an activating group) is 1. The van der Waals surface area contributed by atoms with E-state index in [0.29, 0.717) is 36.2 Å². The van der Waals surface area contributed by atoms with E-state index >= 15 is 0 Å². The van der Waals surface area contributed by atoms with Crippen molar-refractivity contribution in [2.24, 2.45) is 11.8 Å². The highest BCUT2D eigenvalue weighted by atomic mass is 35.5. The molecule has 2 bridgehead atoms. The minimum atomic E-state index is -4.23. The molecule has 0 saturated heterocycles. The van der Waals surface area contributed by atoms with Gasteiger partial charge in [-0.1, -0.05) is 29.8 Å². The number of benzene rings is 2. The van der Waals surface area contributed by atoms with Gasteiger partial charge in [-0.2, -0.15) is 0 Å². The number of methoxy groups -OCH3 is 1. The summed E-state index contributed by atoms with van der Waals surface area (Å²) in [5.41, 5.74) is 1.30. The van der Waals surface area contributed by atoms with Gasteiger partial charge in [-0.3, -0.25) is 4.79 Å². The largest absolute Gasteiger partial charge is 0.490 e. The molecule has 2 aliphatic heterocycles. The number of carbonyl (C=O) groups is 2. The normalized spacial score (nSPS) is 29.1. The molecule has 2 aromatic carbocycles. The van der Waals surface area contributed by atoms with Gasteiger partial charge in [-0.15, -0.1) is 0 Å². The number of sulfonamides is 1. The van der Waals surface area contributed by atoms with Gasteiger partial charge < -0.3 is 24.0 Å². The molecular formula is C34H42ClN3O7S. The molecular weight excluding hydrogens is 630 g/mol. The van der Waals surface area contributed by atoms with Crippen LogP contribution in [-0.4, -0.2) is 77.4 Å². The Hall–Kier alpha value is -3.28. The van der Waals surface area contributed by atoms with E-state index in [0.717, 1.165) is 32.1 Å². The van der Waals surface area contributed by atoms with Crippen LogP contribution in [0.1, 0.15) is 50.7 Å². The smallest absolute Gasteiger partial charge is 0.409 e. The zero-order valence-corrected chi connectivity index (χ0v) is 28.3. The van der Waals surface area contributed by atoms with Crippen molar-refractivity contribution in [3.8, 4) is 5.75 Å². The van der Waals surface area contributed by atoms with Crippen LogP contribution in [0.4, 0.5) is 10.5 Å². The Morgan fingerprint density at radius 3 is 2.72 bits per heavy atom. The zero-order chi connectivity index (χ0) is 32.9. The van der Waals surface area contributed by atoms with Gasteiger partial charge in [0.25, 0.3) is 15.9 Å². The van der Waals surface area contributed by atoms with Crippen molar-refractivity contribution in [3.63, 3.8) is 0 Å². The molecule has 248 valence electrons. The summed E-state index contributed by atoms with van der Waals surface area (Å²) in [6.07, 6.45) is 7.97. The molecule has 4 atom stereocenters. The van der Waals surface area contributed by atoms with Crippen LogP contribution < -0.4 is 14.4 Å². The number of rotatable bonds is 1. The van der Waals surface area contributed by atoms with Crippen molar-refractivity contribution in [3.05, 3.63) is 64.7 Å². The minimum absolute atomic E-state index is 0.0313. The fraction of sp³-hybridized carbons (Fsp3) is 0.529. The summed E-state index contributed by atoms with van der Waals surface area (Å²) in [6.45, 7) is 4.78. The Morgan fingerprint density at radius 1 is 1.17 bits per heavy atom. The van der Waals surface area contributed by atoms with E-state index in [1.807, 2.05) is 18.2 Å². The number of anilines is 1. The molecule has 2 aromatic rings. The Morgan fingerprint density at radius 2 is 1.98 bits per heavy atom. The highest BCUT2D eigenvalue weighted by molar-refractivity contribution is 7.90. The maximum absolute atomic E-state index is 13.6. The van der Waals surface area contributed by atoms with E-state index in [1.165, 1.54) is 38.2 Å². The number of nitrogens with zero attached hydrogens (tertiary/aromatic N) is 2. The topological polar surface area (TPSA) is 114 Å². The fourth-order valence-corrected chi connectivity index (χ4v) is 8.78. The number of halogens is 1. The van der Waals surface area contributed by atoms with Crippen LogP contribution >= 0.6 is 11.6 Å². The second-order valence-corrected chi connectivity index (χ2v) is 15.6. The first-order valence-electron chi connectivity index (χ1n) is 15.8. The molecule has 0 radical (unpaired) electrons. The summed E-state index contributed by atoms with van der Waals surface area (Å²) in [5, 5.41) is 0.704. The van der Waals surface area contributed by atoms with Crippen LogP contribution in [0.3, 0.4) is 0 Å². The Balaban J connectivity index is 1.45. The first-order valence-corrected chi connectivity index (χ1v) is 17.7. The van der Waals surface area contributed by atoms with E-state index in [2.05, 4.69) is 15.7 Å². The number of hydrogen-bond acceptors (Lipinski definition) is 8. The van der Waals surface area contributed by atoms with Gasteiger partial charge in [-0.05, 0) is 99.2 Å². The Kier molecular flexibility index (Phi) is 8.80. The molecule has 1 saturated carbocycles. The van der Waals surface area contributed by atoms with E-state index in [1.54, 1.807) is 30.2 Å². The van der Waals surface area contributed by atoms with Gasteiger partial charge in [0.1, 0.15) is 11.4 Å². The maximum Gasteiger partial charge on any atom is 0.409 e. The Labute approximate surface area is 276 Å². The third-order valence-corrected chi connectivity index (χ3v) is 11.8. The summed E-state index contributed by atoms with van der Waals surface area (Å²) >= 11 is 6.41. The van der Waals surface area contributed by atoms with Gasteiger partial charge in [0, 0.05) is 30.6 Å². The minimum Gasteiger partial charge on any atom is -0.490 e. The SMILES string of the molecule is COC(=O)N(C)[C@H]1/C=C\COC(C)(C)C(=O)NS(=O)(=O)c2ccc3c(c2)N(C[C@@H]2CC[C@H]21)C[C@@]1(CCCc2cc(Cl)ccc21)CO3. The summed E-state index contributed by atoms with van der Waals surface area (Å²) in [5.74, 6) is 0.127. The van der Waals surface area contributed by atoms with Crippen LogP contribution in [0.5, 0.6) is 5.75 Å². The van der Waals surface area contributed by atoms with Crippen molar-refractivity contribution in [1.82, 2.24) is 9.62 Å². The second kappa shape index (κ2) is 12.4. The van der Waals surface area contributed by atoms with Crippen LogP contribution in [0.25, 0.3) is 0 Å². The highest BCUT2D eigenvalue weighted by Gasteiger charge is 2.45. The molecule has 10 nitrogen and oxygen atoms in total. The highest BCUT2D eigenvalue weighted by Crippen LogP contribution is 2.47. The summed E-state index contributed by atoms with van der Waals surface area (Å²) in [4.78, 5) is 29.8. The van der Waals surface area contributed by atoms with E-state index in [-0.39, 0.29) is 34.8 Å².